The highest BCUT2D eigenvalue weighted by molar-refractivity contribution is 5.91. The van der Waals surface area contributed by atoms with Crippen LogP contribution in [0.15, 0.2) is 59.0 Å². The molecule has 1 aliphatic heterocycles. The molecule has 2 aromatic heterocycles. The molecule has 1 aliphatic rings. The van der Waals surface area contributed by atoms with Crippen molar-refractivity contribution in [2.45, 2.75) is 33.1 Å². The highest BCUT2D eigenvalue weighted by Crippen LogP contribution is 2.47. The number of aromatic nitrogens is 3. The number of aryl methyl sites for hydroxylation is 2. The molecule has 0 fully saturated rings. The minimum absolute atomic E-state index is 0.124. The molecule has 7 heteroatoms. The minimum Gasteiger partial charge on any atom is -0.462 e. The molecule has 35 heavy (non-hydrogen) atoms. The van der Waals surface area contributed by atoms with E-state index in [1.165, 1.54) is 4.52 Å². The Balaban J connectivity index is 1.69. The lowest BCUT2D eigenvalue weighted by atomic mass is 9.83. The SMILES string of the molecule is CCOC(=O)c1ccc2c(c1)C(C)(C)C(=CC=c1c(C)nn3c(=O)c4ccccc4[n+](C)c13)N2C. The van der Waals surface area contributed by atoms with Crippen molar-refractivity contribution in [3.63, 3.8) is 0 Å². The lowest BCUT2D eigenvalue weighted by Crippen LogP contribution is -2.39. The zero-order valence-corrected chi connectivity index (χ0v) is 20.9. The second kappa shape index (κ2) is 8.05. The number of nitrogens with zero attached hydrogens (tertiary/aromatic N) is 4. The van der Waals surface area contributed by atoms with Crippen molar-refractivity contribution >= 4 is 34.3 Å². The van der Waals surface area contributed by atoms with E-state index >= 15 is 0 Å². The Hall–Kier alpha value is -4.00. The Labute approximate surface area is 203 Å². The largest absolute Gasteiger partial charge is 0.462 e. The number of anilines is 1. The lowest BCUT2D eigenvalue weighted by Gasteiger charge is -2.23. The van der Waals surface area contributed by atoms with Crippen molar-refractivity contribution in [2.24, 2.45) is 7.05 Å². The van der Waals surface area contributed by atoms with Crippen LogP contribution in [0.5, 0.6) is 0 Å². The van der Waals surface area contributed by atoms with Gasteiger partial charge in [-0.2, -0.15) is 0 Å². The van der Waals surface area contributed by atoms with Crippen LogP contribution >= 0.6 is 0 Å². The van der Waals surface area contributed by atoms with Crippen molar-refractivity contribution in [3.8, 4) is 0 Å². The standard InChI is InChI=1S/C28H29N4O3/c1-7-35-27(34)18-12-14-23-21(16-18)28(3,4)24(30(23)5)15-13-19-17(2)29-32-25(19)31(6)22-11-9-8-10-20(22)26(32)33/h8-16H,7H2,1-6H3/q+1. The summed E-state index contributed by atoms with van der Waals surface area (Å²) in [5.41, 5.74) is 5.70. The summed E-state index contributed by atoms with van der Waals surface area (Å²) in [7, 11) is 3.99. The second-order valence-corrected chi connectivity index (χ2v) is 9.47. The second-order valence-electron chi connectivity index (χ2n) is 9.47. The molecule has 0 bridgehead atoms. The first-order valence-corrected chi connectivity index (χ1v) is 11.7. The molecular formula is C28H29N4O3+. The van der Waals surface area contributed by atoms with Crippen LogP contribution in [0.2, 0.25) is 0 Å². The Morgan fingerprint density at radius 2 is 1.91 bits per heavy atom. The van der Waals surface area contributed by atoms with Crippen LogP contribution in [0.25, 0.3) is 22.6 Å². The van der Waals surface area contributed by atoms with E-state index in [1.807, 2.05) is 74.1 Å². The highest BCUT2D eigenvalue weighted by atomic mass is 16.5. The normalized spacial score (nSPS) is 16.5. The number of fused-ring (bicyclic) bond motifs is 3. The Morgan fingerprint density at radius 3 is 2.66 bits per heavy atom. The first-order chi connectivity index (χ1) is 16.7. The van der Waals surface area contributed by atoms with Gasteiger partial charge in [-0.05, 0) is 61.9 Å². The third-order valence-corrected chi connectivity index (χ3v) is 7.04. The van der Waals surface area contributed by atoms with Crippen LogP contribution in [0.4, 0.5) is 5.69 Å². The highest BCUT2D eigenvalue weighted by Gasteiger charge is 2.38. The van der Waals surface area contributed by atoms with Gasteiger partial charge in [0.2, 0.25) is 0 Å². The number of benzene rings is 2. The number of para-hydroxylation sites is 1. The fourth-order valence-electron chi connectivity index (χ4n) is 5.20. The Bertz CT molecular complexity index is 1660. The molecule has 7 nitrogen and oxygen atoms in total. The third kappa shape index (κ3) is 3.33. The number of esters is 1. The molecule has 2 aromatic carbocycles. The molecule has 0 spiro atoms. The van der Waals surface area contributed by atoms with Crippen molar-refractivity contribution in [2.75, 3.05) is 18.6 Å². The van der Waals surface area contributed by atoms with E-state index in [4.69, 9.17) is 4.74 Å². The summed E-state index contributed by atoms with van der Waals surface area (Å²) >= 11 is 0. The summed E-state index contributed by atoms with van der Waals surface area (Å²) in [5.74, 6) is -0.312. The van der Waals surface area contributed by atoms with Crippen molar-refractivity contribution in [1.82, 2.24) is 9.61 Å². The molecule has 4 aromatic rings. The van der Waals surface area contributed by atoms with Gasteiger partial charge in [-0.3, -0.25) is 0 Å². The lowest BCUT2D eigenvalue weighted by molar-refractivity contribution is -0.621. The average Bonchev–Trinajstić information content (AvgIpc) is 3.27. The maximum absolute atomic E-state index is 13.1. The Kier molecular flexibility index (Phi) is 5.24. The number of hydrogen-bond acceptors (Lipinski definition) is 5. The molecule has 0 amide bonds. The molecule has 0 saturated carbocycles. The van der Waals surface area contributed by atoms with Crippen LogP contribution in [-0.4, -0.2) is 29.2 Å². The molecule has 178 valence electrons. The van der Waals surface area contributed by atoms with E-state index in [1.54, 1.807) is 6.92 Å². The van der Waals surface area contributed by atoms with Gasteiger partial charge in [0.15, 0.2) is 0 Å². The van der Waals surface area contributed by atoms with Crippen LogP contribution in [0.1, 0.15) is 42.4 Å². The van der Waals surface area contributed by atoms with Crippen molar-refractivity contribution < 1.29 is 14.1 Å². The van der Waals surface area contributed by atoms with E-state index < -0.39 is 0 Å². The van der Waals surface area contributed by atoms with Gasteiger partial charge < -0.3 is 9.64 Å². The molecule has 5 rings (SSSR count). The summed E-state index contributed by atoms with van der Waals surface area (Å²) < 4.78 is 8.71. The van der Waals surface area contributed by atoms with Gasteiger partial charge in [-0.1, -0.05) is 35.6 Å². The topological polar surface area (TPSA) is 67.8 Å². The monoisotopic (exact) mass is 469 g/mol. The summed E-state index contributed by atoms with van der Waals surface area (Å²) in [6.07, 6.45) is 4.13. The first-order valence-electron chi connectivity index (χ1n) is 11.7. The van der Waals surface area contributed by atoms with Crippen LogP contribution < -0.4 is 20.2 Å². The maximum atomic E-state index is 13.1. The predicted octanol–water partition coefficient (Wildman–Crippen LogP) is 2.97. The van der Waals surface area contributed by atoms with Crippen LogP contribution in [0.3, 0.4) is 0 Å². The predicted molar refractivity (Wildman–Crippen MR) is 136 cm³/mol. The van der Waals surface area contributed by atoms with E-state index in [2.05, 4.69) is 29.9 Å². The maximum Gasteiger partial charge on any atom is 0.370 e. The molecule has 0 radical (unpaired) electrons. The van der Waals surface area contributed by atoms with Gasteiger partial charge in [-0.25, -0.2) is 14.2 Å². The molecule has 0 saturated heterocycles. The fourth-order valence-corrected chi connectivity index (χ4v) is 5.20. The molecular weight excluding hydrogens is 440 g/mol. The zero-order chi connectivity index (χ0) is 25.1. The van der Waals surface area contributed by atoms with Gasteiger partial charge in [-0.15, -0.1) is 0 Å². The van der Waals surface area contributed by atoms with Crippen molar-refractivity contribution in [1.29, 1.82) is 0 Å². The van der Waals surface area contributed by atoms with E-state index in [-0.39, 0.29) is 16.9 Å². The zero-order valence-electron chi connectivity index (χ0n) is 20.9. The number of allylic oxidation sites excluding steroid dienone is 2. The number of carbonyl (C=O) groups is 1. The first kappa shape index (κ1) is 22.8. The van der Waals surface area contributed by atoms with E-state index in [0.717, 1.165) is 39.0 Å². The van der Waals surface area contributed by atoms with Crippen LogP contribution in [0, 0.1) is 6.92 Å². The smallest absolute Gasteiger partial charge is 0.370 e. The number of hydrogen-bond donors (Lipinski definition) is 0. The van der Waals surface area contributed by atoms with Gasteiger partial charge >= 0.3 is 17.2 Å². The summed E-state index contributed by atoms with van der Waals surface area (Å²) in [6, 6.07) is 13.3. The fraction of sp³-hybridized carbons (Fsp3) is 0.286. The van der Waals surface area contributed by atoms with Gasteiger partial charge in [0.25, 0.3) is 0 Å². The number of rotatable bonds is 3. The molecule has 0 aliphatic carbocycles. The van der Waals surface area contributed by atoms with Crippen LogP contribution in [-0.2, 0) is 17.2 Å². The summed E-state index contributed by atoms with van der Waals surface area (Å²) in [5, 5.41) is 6.11. The Morgan fingerprint density at radius 1 is 1.17 bits per heavy atom. The molecule has 0 atom stereocenters. The summed E-state index contributed by atoms with van der Waals surface area (Å²) in [4.78, 5) is 27.6. The molecule has 3 heterocycles. The van der Waals surface area contributed by atoms with Gasteiger partial charge in [0, 0.05) is 23.8 Å². The summed E-state index contributed by atoms with van der Waals surface area (Å²) in [6.45, 7) is 8.37. The van der Waals surface area contributed by atoms with Gasteiger partial charge in [0.05, 0.1) is 30.1 Å². The van der Waals surface area contributed by atoms with Crippen molar-refractivity contribution in [3.05, 3.63) is 86.6 Å². The number of carbonyl (C=O) groups excluding carboxylic acids is 1. The third-order valence-electron chi connectivity index (χ3n) is 7.04. The number of likely N-dealkylation sites (N-methyl/N-ethyl adjacent to an activating group) is 1. The van der Waals surface area contributed by atoms with Gasteiger partial charge in [0.1, 0.15) is 10.9 Å². The van der Waals surface area contributed by atoms with E-state index in [0.29, 0.717) is 17.6 Å². The molecule has 0 N–H and O–H groups in total. The average molecular weight is 470 g/mol. The minimum atomic E-state index is -0.335. The quantitative estimate of drug-likeness (QED) is 0.341. The molecule has 0 unspecified atom stereocenters. The van der Waals surface area contributed by atoms with E-state index in [9.17, 15) is 9.59 Å². The number of ether oxygens (including phenoxy) is 1.